The fourth-order valence-electron chi connectivity index (χ4n) is 4.92. The Bertz CT molecular complexity index is 1180. The number of benzene rings is 2. The Morgan fingerprint density at radius 3 is 2.67 bits per heavy atom. The van der Waals surface area contributed by atoms with Gasteiger partial charge in [-0.15, -0.1) is 5.10 Å². The number of piperidine rings is 1. The lowest BCUT2D eigenvalue weighted by Crippen LogP contribution is -2.26. The van der Waals surface area contributed by atoms with Crippen molar-refractivity contribution in [2.45, 2.75) is 6.54 Å². The van der Waals surface area contributed by atoms with E-state index in [0.29, 0.717) is 5.92 Å². The lowest BCUT2D eigenvalue weighted by Gasteiger charge is -2.19. The minimum Gasteiger partial charge on any atom is -0.493 e. The predicted octanol–water partition coefficient (Wildman–Crippen LogP) is 3.85. The van der Waals surface area contributed by atoms with Crippen molar-refractivity contribution in [1.29, 1.82) is 0 Å². The summed E-state index contributed by atoms with van der Waals surface area (Å²) in [6.45, 7) is 3.98. The summed E-state index contributed by atoms with van der Waals surface area (Å²) in [6, 6.07) is 16.5. The molecule has 0 radical (unpaired) electrons. The van der Waals surface area contributed by atoms with Gasteiger partial charge in [0.1, 0.15) is 17.3 Å². The van der Waals surface area contributed by atoms with Crippen molar-refractivity contribution in [3.63, 3.8) is 0 Å². The quantitative estimate of drug-likeness (QED) is 0.477. The van der Waals surface area contributed by atoms with Crippen LogP contribution < -0.4 is 4.74 Å². The molecular weight excluding hydrogens is 394 g/mol. The Morgan fingerprint density at radius 1 is 1.07 bits per heavy atom. The first-order chi connectivity index (χ1) is 14.8. The summed E-state index contributed by atoms with van der Waals surface area (Å²) in [7, 11) is 2.12. The van der Waals surface area contributed by atoms with E-state index in [9.17, 15) is 0 Å². The number of hydrogen-bond donors (Lipinski definition) is 0. The smallest absolute Gasteiger partial charge is 0.128 e. The van der Waals surface area contributed by atoms with Gasteiger partial charge in [-0.25, -0.2) is 4.98 Å². The number of likely N-dealkylation sites (tertiary alicyclic amines) is 1. The standard InChI is InChI=1S/C23H23N5OS/c1-27-21-8-4-3-7-19(21)24-23(27)12-28-10-16-17(11-28)18(16)13-29-22-9-5-2-6-15(22)20-14-30-26-25-20/h2-9,14,16-18H,10-13H2,1H3. The second-order valence-corrected chi connectivity index (χ2v) is 8.97. The van der Waals surface area contributed by atoms with E-state index in [2.05, 4.69) is 56.4 Å². The summed E-state index contributed by atoms with van der Waals surface area (Å²) in [6.07, 6.45) is 0. The molecule has 2 aromatic heterocycles. The van der Waals surface area contributed by atoms with Gasteiger partial charge < -0.3 is 9.30 Å². The van der Waals surface area contributed by atoms with Gasteiger partial charge in [0.25, 0.3) is 0 Å². The number of ether oxygens (including phenoxy) is 1. The topological polar surface area (TPSA) is 56.1 Å². The molecule has 1 saturated heterocycles. The van der Waals surface area contributed by atoms with E-state index in [0.717, 1.165) is 66.4 Å². The van der Waals surface area contributed by atoms with E-state index in [1.165, 1.54) is 17.0 Å². The number of nitrogens with zero attached hydrogens (tertiary/aromatic N) is 5. The maximum Gasteiger partial charge on any atom is 0.128 e. The van der Waals surface area contributed by atoms with Crippen LogP contribution in [0.5, 0.6) is 5.75 Å². The summed E-state index contributed by atoms with van der Waals surface area (Å²) in [5, 5.41) is 6.16. The first-order valence-electron chi connectivity index (χ1n) is 10.4. The molecular formula is C23H23N5OS. The Balaban J connectivity index is 1.07. The second-order valence-electron chi connectivity index (χ2n) is 8.36. The van der Waals surface area contributed by atoms with E-state index in [-0.39, 0.29) is 0 Å². The lowest BCUT2D eigenvalue weighted by atomic mass is 10.1. The molecule has 0 amide bonds. The number of aromatic nitrogens is 4. The Kier molecular flexibility index (Phi) is 4.32. The van der Waals surface area contributed by atoms with Gasteiger partial charge in [-0.3, -0.25) is 4.90 Å². The average Bonchev–Trinajstić information content (AvgIpc) is 3.23. The van der Waals surface area contributed by atoms with E-state index in [1.54, 1.807) is 0 Å². The van der Waals surface area contributed by atoms with Crippen LogP contribution in [0.2, 0.25) is 0 Å². The van der Waals surface area contributed by atoms with Crippen LogP contribution in [0.4, 0.5) is 0 Å². The monoisotopic (exact) mass is 417 g/mol. The fraction of sp³-hybridized carbons (Fsp3) is 0.348. The third-order valence-electron chi connectivity index (χ3n) is 6.65. The molecule has 30 heavy (non-hydrogen) atoms. The number of aryl methyl sites for hydroxylation is 1. The largest absolute Gasteiger partial charge is 0.493 e. The molecule has 1 saturated carbocycles. The van der Waals surface area contributed by atoms with Crippen molar-refractivity contribution in [2.75, 3.05) is 19.7 Å². The van der Waals surface area contributed by atoms with Gasteiger partial charge in [0.15, 0.2) is 0 Å². The van der Waals surface area contributed by atoms with Gasteiger partial charge in [0.2, 0.25) is 0 Å². The van der Waals surface area contributed by atoms with E-state index >= 15 is 0 Å². The van der Waals surface area contributed by atoms with E-state index in [4.69, 9.17) is 9.72 Å². The van der Waals surface area contributed by atoms with Gasteiger partial charge >= 0.3 is 0 Å². The van der Waals surface area contributed by atoms with Gasteiger partial charge in [0.05, 0.1) is 24.2 Å². The number of hydrogen-bond acceptors (Lipinski definition) is 6. The molecule has 7 heteroatoms. The SMILES string of the molecule is Cn1c(CN2CC3C(COc4ccccc4-c4csnn4)C3C2)nc2ccccc21. The van der Waals surface area contributed by atoms with Crippen molar-refractivity contribution in [3.8, 4) is 17.0 Å². The van der Waals surface area contributed by atoms with Crippen LogP contribution in [0, 0.1) is 17.8 Å². The highest BCUT2D eigenvalue weighted by Gasteiger charge is 2.55. The Labute approximate surface area is 179 Å². The summed E-state index contributed by atoms with van der Waals surface area (Å²) in [5.41, 5.74) is 4.21. The molecule has 2 unspecified atom stereocenters. The van der Waals surface area contributed by atoms with Crippen molar-refractivity contribution >= 4 is 22.6 Å². The zero-order valence-corrected chi connectivity index (χ0v) is 17.6. The highest BCUT2D eigenvalue weighted by molar-refractivity contribution is 7.03. The highest BCUT2D eigenvalue weighted by Crippen LogP contribution is 2.52. The van der Waals surface area contributed by atoms with Crippen LogP contribution in [0.25, 0.3) is 22.3 Å². The first-order valence-corrected chi connectivity index (χ1v) is 11.2. The van der Waals surface area contributed by atoms with Crippen molar-refractivity contribution in [3.05, 3.63) is 59.7 Å². The second kappa shape index (κ2) is 7.18. The summed E-state index contributed by atoms with van der Waals surface area (Å²) >= 11 is 1.37. The maximum absolute atomic E-state index is 6.24. The molecule has 2 atom stereocenters. The molecule has 1 aliphatic heterocycles. The van der Waals surface area contributed by atoms with E-state index in [1.807, 2.05) is 23.6 Å². The van der Waals surface area contributed by atoms with Crippen LogP contribution >= 0.6 is 11.5 Å². The summed E-state index contributed by atoms with van der Waals surface area (Å²) in [4.78, 5) is 7.37. The number of para-hydroxylation sites is 3. The molecule has 0 N–H and O–H groups in total. The molecule has 3 heterocycles. The molecule has 2 aliphatic rings. The Hall–Kier alpha value is -2.77. The van der Waals surface area contributed by atoms with Gasteiger partial charge in [-0.2, -0.15) is 0 Å². The number of imidazole rings is 1. The molecule has 2 aromatic carbocycles. The molecule has 6 nitrogen and oxygen atoms in total. The summed E-state index contributed by atoms with van der Waals surface area (Å²) < 4.78 is 12.4. The van der Waals surface area contributed by atoms with Gasteiger partial charge in [-0.05, 0) is 47.6 Å². The van der Waals surface area contributed by atoms with Crippen molar-refractivity contribution in [1.82, 2.24) is 24.0 Å². The average molecular weight is 418 g/mol. The minimum atomic E-state index is 0.656. The van der Waals surface area contributed by atoms with Crippen LogP contribution in [-0.4, -0.2) is 43.7 Å². The third-order valence-corrected chi connectivity index (χ3v) is 7.15. The Morgan fingerprint density at radius 2 is 1.87 bits per heavy atom. The lowest BCUT2D eigenvalue weighted by molar-refractivity contribution is 0.227. The number of rotatable bonds is 6. The molecule has 0 spiro atoms. The minimum absolute atomic E-state index is 0.656. The molecule has 0 bridgehead atoms. The van der Waals surface area contributed by atoms with Crippen molar-refractivity contribution in [2.24, 2.45) is 24.8 Å². The number of fused-ring (bicyclic) bond motifs is 2. The van der Waals surface area contributed by atoms with Crippen LogP contribution in [0.15, 0.2) is 53.9 Å². The van der Waals surface area contributed by atoms with Gasteiger partial charge in [0, 0.05) is 37.0 Å². The molecule has 2 fully saturated rings. The molecule has 6 rings (SSSR count). The molecule has 4 aromatic rings. The third kappa shape index (κ3) is 3.09. The van der Waals surface area contributed by atoms with Crippen LogP contribution in [0.1, 0.15) is 5.82 Å². The zero-order chi connectivity index (χ0) is 20.1. The molecule has 152 valence electrons. The van der Waals surface area contributed by atoms with Gasteiger partial charge in [-0.1, -0.05) is 28.8 Å². The van der Waals surface area contributed by atoms with Crippen LogP contribution in [0.3, 0.4) is 0 Å². The predicted molar refractivity (Wildman–Crippen MR) is 117 cm³/mol. The van der Waals surface area contributed by atoms with Crippen LogP contribution in [-0.2, 0) is 13.6 Å². The summed E-state index contributed by atoms with van der Waals surface area (Å²) in [5.74, 6) is 4.20. The first kappa shape index (κ1) is 18.0. The van der Waals surface area contributed by atoms with E-state index < -0.39 is 0 Å². The normalized spacial score (nSPS) is 23.0. The highest BCUT2D eigenvalue weighted by atomic mass is 32.1. The fourth-order valence-corrected chi connectivity index (χ4v) is 5.38. The maximum atomic E-state index is 6.24. The van der Waals surface area contributed by atoms with Crippen molar-refractivity contribution < 1.29 is 4.74 Å². The molecule has 1 aliphatic carbocycles. The zero-order valence-electron chi connectivity index (χ0n) is 16.8.